The lowest BCUT2D eigenvalue weighted by Gasteiger charge is -2.26. The molecule has 6 heteroatoms. The Morgan fingerprint density at radius 3 is 2.64 bits per heavy atom. The molecule has 0 amide bonds. The van der Waals surface area contributed by atoms with Crippen LogP contribution in [0.4, 0.5) is 0 Å². The van der Waals surface area contributed by atoms with Crippen LogP contribution in [0.25, 0.3) is 0 Å². The van der Waals surface area contributed by atoms with Gasteiger partial charge in [-0.15, -0.1) is 0 Å². The molecular weight excluding hydrogens is 284 g/mol. The van der Waals surface area contributed by atoms with Crippen LogP contribution in [0.5, 0.6) is 0 Å². The highest BCUT2D eigenvalue weighted by molar-refractivity contribution is 6.09. The van der Waals surface area contributed by atoms with Crippen LogP contribution in [0.3, 0.4) is 0 Å². The fourth-order valence-electron chi connectivity index (χ4n) is 1.89. The first kappa shape index (κ1) is 16.1. The van der Waals surface area contributed by atoms with Crippen molar-refractivity contribution in [1.82, 2.24) is 9.55 Å². The summed E-state index contributed by atoms with van der Waals surface area (Å²) in [5, 5.41) is 19.3. The second kappa shape index (κ2) is 6.21. The number of hydrogen-bond donors (Lipinski definition) is 2. The van der Waals surface area contributed by atoms with Crippen molar-refractivity contribution in [2.75, 3.05) is 6.61 Å². The van der Waals surface area contributed by atoms with Crippen LogP contribution in [0.2, 0.25) is 0 Å². The van der Waals surface area contributed by atoms with Gasteiger partial charge in [0.2, 0.25) is 0 Å². The Morgan fingerprint density at radius 1 is 1.32 bits per heavy atom. The van der Waals surface area contributed by atoms with Crippen LogP contribution in [-0.2, 0) is 0 Å². The first-order valence-corrected chi connectivity index (χ1v) is 6.82. The van der Waals surface area contributed by atoms with Crippen molar-refractivity contribution in [2.24, 2.45) is 5.41 Å². The summed E-state index contributed by atoms with van der Waals surface area (Å²) in [4.78, 5) is 28.3. The Labute approximate surface area is 128 Å². The highest BCUT2D eigenvalue weighted by Crippen LogP contribution is 2.21. The normalized spacial score (nSPS) is 12.9. The monoisotopic (exact) mass is 302 g/mol. The lowest BCUT2D eigenvalue weighted by molar-refractivity contribution is 0.00642. The zero-order chi connectivity index (χ0) is 16.3. The largest absolute Gasteiger partial charge is 0.396 e. The fourth-order valence-corrected chi connectivity index (χ4v) is 1.89. The first-order valence-electron chi connectivity index (χ1n) is 6.82. The van der Waals surface area contributed by atoms with Crippen molar-refractivity contribution in [3.05, 3.63) is 54.1 Å². The summed E-state index contributed by atoms with van der Waals surface area (Å²) in [7, 11) is 0. The Morgan fingerprint density at radius 2 is 2.05 bits per heavy atom. The van der Waals surface area contributed by atoms with E-state index >= 15 is 0 Å². The minimum Gasteiger partial charge on any atom is -0.396 e. The summed E-state index contributed by atoms with van der Waals surface area (Å²) in [6, 6.07) is 4.80. The van der Waals surface area contributed by atoms with E-state index in [1.165, 1.54) is 24.7 Å². The number of nitrogens with zero attached hydrogens (tertiary/aromatic N) is 2. The third-order valence-electron chi connectivity index (χ3n) is 3.51. The van der Waals surface area contributed by atoms with Crippen LogP contribution in [0.15, 0.2) is 43.0 Å². The fraction of sp³-hybridized carbons (Fsp3) is 0.312. The number of carbonyl (C=O) groups excluding carboxylic acids is 2. The molecule has 0 radical (unpaired) electrons. The van der Waals surface area contributed by atoms with Gasteiger partial charge in [0, 0.05) is 41.3 Å². The average Bonchev–Trinajstić information content (AvgIpc) is 3.03. The molecule has 0 bridgehead atoms. The smallest absolute Gasteiger partial charge is 0.260 e. The number of rotatable bonds is 5. The zero-order valence-electron chi connectivity index (χ0n) is 12.4. The van der Waals surface area contributed by atoms with E-state index in [4.69, 9.17) is 0 Å². The number of hydrogen-bond acceptors (Lipinski definition) is 5. The van der Waals surface area contributed by atoms with Gasteiger partial charge >= 0.3 is 0 Å². The molecule has 0 saturated carbocycles. The number of pyridine rings is 1. The Bertz CT molecular complexity index is 676. The third-order valence-corrected chi connectivity index (χ3v) is 3.51. The van der Waals surface area contributed by atoms with Crippen molar-refractivity contribution in [3.8, 4) is 0 Å². The van der Waals surface area contributed by atoms with Gasteiger partial charge in [-0.3, -0.25) is 19.1 Å². The molecule has 0 fully saturated rings. The molecule has 6 nitrogen and oxygen atoms in total. The molecule has 0 saturated heterocycles. The molecule has 0 spiro atoms. The molecular formula is C16H18N2O4. The minimum atomic E-state index is -1.37. The number of ketones is 1. The van der Waals surface area contributed by atoms with Crippen molar-refractivity contribution < 1.29 is 19.8 Å². The molecule has 0 aromatic carbocycles. The zero-order valence-corrected chi connectivity index (χ0v) is 12.4. The maximum Gasteiger partial charge on any atom is 0.260 e. The average molecular weight is 302 g/mol. The molecule has 2 N–H and O–H groups in total. The van der Waals surface area contributed by atoms with Gasteiger partial charge in [0.15, 0.2) is 5.78 Å². The SMILES string of the molecule is CC(C)(CO)[C@@H](O)C(=O)n1ccc(C(=O)c2cccnc2)c1. The molecule has 0 aliphatic carbocycles. The van der Waals surface area contributed by atoms with Crippen molar-refractivity contribution in [3.63, 3.8) is 0 Å². The predicted octanol–water partition coefficient (Wildman–Crippen LogP) is 1.13. The lowest BCUT2D eigenvalue weighted by atomic mass is 9.87. The molecule has 2 heterocycles. The molecule has 0 unspecified atom stereocenters. The Balaban J connectivity index is 2.22. The van der Waals surface area contributed by atoms with Crippen LogP contribution >= 0.6 is 0 Å². The minimum absolute atomic E-state index is 0.254. The van der Waals surface area contributed by atoms with Crippen LogP contribution < -0.4 is 0 Å². The van der Waals surface area contributed by atoms with Crippen LogP contribution in [0.1, 0.15) is 34.6 Å². The van der Waals surface area contributed by atoms with E-state index in [1.807, 2.05) is 0 Å². The molecule has 1 atom stereocenters. The quantitative estimate of drug-likeness (QED) is 0.808. The number of carbonyl (C=O) groups is 2. The number of aliphatic hydroxyl groups is 2. The molecule has 116 valence electrons. The number of aliphatic hydroxyl groups excluding tert-OH is 2. The van der Waals surface area contributed by atoms with Gasteiger partial charge in [-0.05, 0) is 18.2 Å². The van der Waals surface area contributed by atoms with Gasteiger partial charge in [-0.25, -0.2) is 0 Å². The van der Waals surface area contributed by atoms with E-state index in [-0.39, 0.29) is 12.4 Å². The number of aromatic nitrogens is 2. The summed E-state index contributed by atoms with van der Waals surface area (Å²) in [5.41, 5.74) is -0.214. The van der Waals surface area contributed by atoms with E-state index in [1.54, 1.807) is 32.2 Å². The lowest BCUT2D eigenvalue weighted by Crippen LogP contribution is -2.41. The highest BCUT2D eigenvalue weighted by atomic mass is 16.3. The van der Waals surface area contributed by atoms with Gasteiger partial charge in [0.05, 0.1) is 6.61 Å². The molecule has 2 aromatic rings. The van der Waals surface area contributed by atoms with Crippen molar-refractivity contribution in [1.29, 1.82) is 0 Å². The van der Waals surface area contributed by atoms with Gasteiger partial charge in [-0.1, -0.05) is 13.8 Å². The predicted molar refractivity (Wildman–Crippen MR) is 79.6 cm³/mol. The molecule has 2 rings (SSSR count). The maximum absolute atomic E-state index is 12.2. The highest BCUT2D eigenvalue weighted by Gasteiger charge is 2.33. The molecule has 2 aromatic heterocycles. The first-order chi connectivity index (χ1) is 10.4. The van der Waals surface area contributed by atoms with Crippen LogP contribution in [-0.4, -0.2) is 44.2 Å². The Hall–Kier alpha value is -2.31. The summed E-state index contributed by atoms with van der Waals surface area (Å²) in [5.74, 6) is -0.847. The molecule has 22 heavy (non-hydrogen) atoms. The molecule has 0 aliphatic rings. The van der Waals surface area contributed by atoms with Crippen LogP contribution in [0, 0.1) is 5.41 Å². The van der Waals surface area contributed by atoms with Crippen molar-refractivity contribution >= 4 is 11.7 Å². The standard InChI is InChI=1S/C16H18N2O4/c1-16(2,10-19)14(21)15(22)18-7-5-12(9-18)13(20)11-4-3-6-17-8-11/h3-9,14,19,21H,10H2,1-2H3/t14-/m0/s1. The van der Waals surface area contributed by atoms with Gasteiger partial charge in [-0.2, -0.15) is 0 Å². The van der Waals surface area contributed by atoms with E-state index in [0.717, 1.165) is 4.57 Å². The van der Waals surface area contributed by atoms with Gasteiger partial charge in [0.25, 0.3) is 5.91 Å². The van der Waals surface area contributed by atoms with E-state index in [2.05, 4.69) is 4.98 Å². The van der Waals surface area contributed by atoms with E-state index in [9.17, 15) is 19.8 Å². The second-order valence-corrected chi connectivity index (χ2v) is 5.77. The summed E-state index contributed by atoms with van der Waals surface area (Å²) >= 11 is 0. The summed E-state index contributed by atoms with van der Waals surface area (Å²) in [6.45, 7) is 2.84. The Kier molecular flexibility index (Phi) is 4.54. The second-order valence-electron chi connectivity index (χ2n) is 5.77. The maximum atomic E-state index is 12.2. The van der Waals surface area contributed by atoms with Gasteiger partial charge in [0.1, 0.15) is 6.10 Å². The summed E-state index contributed by atoms with van der Waals surface area (Å²) < 4.78 is 1.16. The van der Waals surface area contributed by atoms with E-state index in [0.29, 0.717) is 11.1 Å². The topological polar surface area (TPSA) is 92.4 Å². The summed E-state index contributed by atoms with van der Waals surface area (Å²) in [6.07, 6.45) is 4.44. The molecule has 0 aliphatic heterocycles. The third kappa shape index (κ3) is 3.13. The van der Waals surface area contributed by atoms with Gasteiger partial charge < -0.3 is 10.2 Å². The van der Waals surface area contributed by atoms with Crippen molar-refractivity contribution in [2.45, 2.75) is 20.0 Å². The van der Waals surface area contributed by atoms with E-state index < -0.39 is 17.4 Å².